The summed E-state index contributed by atoms with van der Waals surface area (Å²) >= 11 is 0. The van der Waals surface area contributed by atoms with Gasteiger partial charge in [-0.3, -0.25) is 9.69 Å². The lowest BCUT2D eigenvalue weighted by Gasteiger charge is -2.15. The van der Waals surface area contributed by atoms with Gasteiger partial charge in [0.2, 0.25) is 0 Å². The first-order valence-corrected chi connectivity index (χ1v) is 11.1. The second-order valence-corrected chi connectivity index (χ2v) is 9.03. The second-order valence-electron chi connectivity index (χ2n) is 7.01. The van der Waals surface area contributed by atoms with Crippen molar-refractivity contribution in [2.75, 3.05) is 6.26 Å². The lowest BCUT2D eigenvalue weighted by atomic mass is 10.0. The summed E-state index contributed by atoms with van der Waals surface area (Å²) in [5, 5.41) is 6.89. The van der Waals surface area contributed by atoms with Crippen LogP contribution in [0.4, 0.5) is 0 Å². The summed E-state index contributed by atoms with van der Waals surface area (Å²) < 4.78 is 23.1. The summed E-state index contributed by atoms with van der Waals surface area (Å²) in [6, 6.07) is 24.2. The van der Waals surface area contributed by atoms with Gasteiger partial charge in [0.05, 0.1) is 4.90 Å². The Morgan fingerprint density at radius 3 is 1.76 bits per heavy atom. The Morgan fingerprint density at radius 1 is 0.862 bits per heavy atom. The van der Waals surface area contributed by atoms with E-state index in [1.807, 2.05) is 12.1 Å². The molecule has 0 fully saturated rings. The summed E-state index contributed by atoms with van der Waals surface area (Å²) in [4.78, 5) is 11.2. The van der Waals surface area contributed by atoms with Crippen molar-refractivity contribution in [2.24, 2.45) is 0 Å². The molecular formula is C23H23NO4S. The molecule has 5 nitrogen and oxygen atoms in total. The van der Waals surface area contributed by atoms with Crippen LogP contribution < -0.4 is 0 Å². The van der Waals surface area contributed by atoms with E-state index in [9.17, 15) is 8.42 Å². The zero-order valence-electron chi connectivity index (χ0n) is 16.2. The third-order valence-electron chi connectivity index (χ3n) is 4.88. The smallest absolute Gasteiger partial charge is 0.290 e. The minimum absolute atomic E-state index is 0.250. The number of carbonyl (C=O) groups is 1. The number of sulfone groups is 1. The van der Waals surface area contributed by atoms with Crippen molar-refractivity contribution < 1.29 is 18.3 Å². The Morgan fingerprint density at radius 2 is 1.31 bits per heavy atom. The van der Waals surface area contributed by atoms with Crippen LogP contribution in [0.3, 0.4) is 0 Å². The predicted molar refractivity (Wildman–Crippen MR) is 113 cm³/mol. The van der Waals surface area contributed by atoms with E-state index in [2.05, 4.69) is 53.4 Å². The molecule has 0 aliphatic carbocycles. The van der Waals surface area contributed by atoms with Gasteiger partial charge >= 0.3 is 0 Å². The third-order valence-corrected chi connectivity index (χ3v) is 6.01. The summed E-state index contributed by atoms with van der Waals surface area (Å²) in [5.41, 5.74) is 6.26. The number of fused-ring (bicyclic) bond motifs is 1. The number of carboxylic acid groups (broad SMARTS) is 1. The molecule has 3 aromatic rings. The largest absolute Gasteiger partial charge is 0.483 e. The quantitative estimate of drug-likeness (QED) is 0.660. The molecule has 0 bridgehead atoms. The van der Waals surface area contributed by atoms with E-state index in [-0.39, 0.29) is 6.47 Å². The van der Waals surface area contributed by atoms with Gasteiger partial charge < -0.3 is 5.11 Å². The standard InChI is InChI=1S/C22H21NO2S.CH2O2/c1-26(24,25)22-12-10-19(11-13-22)18-8-6-17(7-9-18)14-23-15-20-4-2-3-5-21(20)16-23;2-1-3/h2-13H,14-16H2,1H3;1H,(H,2,3). The van der Waals surface area contributed by atoms with Gasteiger partial charge in [0.1, 0.15) is 0 Å². The van der Waals surface area contributed by atoms with E-state index in [1.165, 1.54) is 22.9 Å². The van der Waals surface area contributed by atoms with Crippen molar-refractivity contribution in [1.29, 1.82) is 0 Å². The molecule has 0 amide bonds. The van der Waals surface area contributed by atoms with Gasteiger partial charge in [-0.1, -0.05) is 60.7 Å². The minimum Gasteiger partial charge on any atom is -0.483 e. The van der Waals surface area contributed by atoms with Crippen molar-refractivity contribution in [3.05, 3.63) is 89.5 Å². The molecule has 0 atom stereocenters. The highest BCUT2D eigenvalue weighted by molar-refractivity contribution is 7.90. The van der Waals surface area contributed by atoms with Gasteiger partial charge in [-0.25, -0.2) is 8.42 Å². The number of nitrogens with zero attached hydrogens (tertiary/aromatic N) is 1. The molecule has 1 aliphatic rings. The van der Waals surface area contributed by atoms with Crippen LogP contribution in [0.2, 0.25) is 0 Å². The number of rotatable bonds is 4. The zero-order chi connectivity index (χ0) is 20.9. The van der Waals surface area contributed by atoms with Gasteiger partial charge in [0.25, 0.3) is 6.47 Å². The predicted octanol–water partition coefficient (Wildman–Crippen LogP) is 3.97. The van der Waals surface area contributed by atoms with Crippen molar-refractivity contribution in [3.8, 4) is 11.1 Å². The second kappa shape index (κ2) is 9.03. The van der Waals surface area contributed by atoms with E-state index in [4.69, 9.17) is 9.90 Å². The summed E-state index contributed by atoms with van der Waals surface area (Å²) in [6.45, 7) is 2.69. The molecule has 1 heterocycles. The molecule has 6 heteroatoms. The number of hydrogen-bond donors (Lipinski definition) is 1. The van der Waals surface area contributed by atoms with Crippen LogP contribution in [-0.4, -0.2) is 31.2 Å². The highest BCUT2D eigenvalue weighted by Crippen LogP contribution is 2.26. The number of benzene rings is 3. The Bertz CT molecular complexity index is 1050. The van der Waals surface area contributed by atoms with Crippen molar-refractivity contribution in [3.63, 3.8) is 0 Å². The van der Waals surface area contributed by atoms with Crippen molar-refractivity contribution in [1.82, 2.24) is 4.90 Å². The van der Waals surface area contributed by atoms with Crippen LogP contribution in [0.1, 0.15) is 16.7 Å². The normalized spacial score (nSPS) is 13.3. The van der Waals surface area contributed by atoms with E-state index >= 15 is 0 Å². The van der Waals surface area contributed by atoms with Crippen LogP contribution in [0, 0.1) is 0 Å². The highest BCUT2D eigenvalue weighted by atomic mass is 32.2. The molecule has 0 radical (unpaired) electrons. The SMILES string of the molecule is CS(=O)(=O)c1ccc(-c2ccc(CN3Cc4ccccc4C3)cc2)cc1.O=CO. The molecule has 0 saturated carbocycles. The van der Waals surface area contributed by atoms with Gasteiger partial charge in [0.15, 0.2) is 9.84 Å². The zero-order valence-corrected chi connectivity index (χ0v) is 17.0. The van der Waals surface area contributed by atoms with Gasteiger partial charge in [-0.2, -0.15) is 0 Å². The average molecular weight is 410 g/mol. The number of hydrogen-bond acceptors (Lipinski definition) is 4. The lowest BCUT2D eigenvalue weighted by Crippen LogP contribution is -2.15. The minimum atomic E-state index is -3.15. The Labute approximate surface area is 171 Å². The monoisotopic (exact) mass is 409 g/mol. The van der Waals surface area contributed by atoms with Gasteiger partial charge in [-0.15, -0.1) is 0 Å². The van der Waals surface area contributed by atoms with Gasteiger partial charge in [0, 0.05) is 25.9 Å². The Kier molecular flexibility index (Phi) is 6.46. The molecule has 0 saturated heterocycles. The molecule has 3 aromatic carbocycles. The summed E-state index contributed by atoms with van der Waals surface area (Å²) in [6.07, 6.45) is 1.23. The van der Waals surface area contributed by atoms with Crippen LogP contribution in [0.5, 0.6) is 0 Å². The van der Waals surface area contributed by atoms with Crippen LogP contribution in [-0.2, 0) is 34.3 Å². The van der Waals surface area contributed by atoms with E-state index in [1.54, 1.807) is 12.1 Å². The third kappa shape index (κ3) is 5.31. The maximum Gasteiger partial charge on any atom is 0.290 e. The van der Waals surface area contributed by atoms with Crippen LogP contribution in [0.25, 0.3) is 11.1 Å². The van der Waals surface area contributed by atoms with Crippen molar-refractivity contribution >= 4 is 16.3 Å². The van der Waals surface area contributed by atoms with E-state index in [0.717, 1.165) is 30.8 Å². The van der Waals surface area contributed by atoms with E-state index in [0.29, 0.717) is 4.90 Å². The van der Waals surface area contributed by atoms with Crippen LogP contribution >= 0.6 is 0 Å². The Hall–Kier alpha value is -2.96. The molecule has 150 valence electrons. The maximum atomic E-state index is 11.6. The van der Waals surface area contributed by atoms with Gasteiger partial charge in [-0.05, 0) is 39.9 Å². The van der Waals surface area contributed by atoms with E-state index < -0.39 is 9.84 Å². The summed E-state index contributed by atoms with van der Waals surface area (Å²) in [5.74, 6) is 0. The lowest BCUT2D eigenvalue weighted by molar-refractivity contribution is -0.122. The first kappa shape index (κ1) is 20.8. The summed E-state index contributed by atoms with van der Waals surface area (Å²) in [7, 11) is -3.15. The first-order valence-electron chi connectivity index (χ1n) is 9.17. The molecule has 1 aliphatic heterocycles. The fourth-order valence-electron chi connectivity index (χ4n) is 3.47. The molecule has 4 rings (SSSR count). The molecule has 0 unspecified atom stereocenters. The van der Waals surface area contributed by atoms with Crippen LogP contribution in [0.15, 0.2) is 77.7 Å². The molecule has 0 spiro atoms. The molecule has 29 heavy (non-hydrogen) atoms. The highest BCUT2D eigenvalue weighted by Gasteiger charge is 2.18. The average Bonchev–Trinajstić information content (AvgIpc) is 3.11. The molecule has 1 N–H and O–H groups in total. The molecule has 0 aromatic heterocycles. The fraction of sp³-hybridized carbons (Fsp3) is 0.174. The first-order chi connectivity index (χ1) is 13.9. The maximum absolute atomic E-state index is 11.6. The Balaban J connectivity index is 0.000000755. The topological polar surface area (TPSA) is 74.7 Å². The molecular weight excluding hydrogens is 386 g/mol. The van der Waals surface area contributed by atoms with Crippen molar-refractivity contribution in [2.45, 2.75) is 24.5 Å². The fourth-order valence-corrected chi connectivity index (χ4v) is 4.10.